The van der Waals surface area contributed by atoms with E-state index >= 15 is 0 Å². The number of piperidine rings is 1. The summed E-state index contributed by atoms with van der Waals surface area (Å²) in [6.45, 7) is 0. The Morgan fingerprint density at radius 2 is 2.12 bits per heavy atom. The van der Waals surface area contributed by atoms with Crippen LogP contribution in [0.4, 0.5) is 10.5 Å². The Hall–Kier alpha value is -2.87. The molecule has 3 heterocycles. The van der Waals surface area contributed by atoms with Crippen LogP contribution in [0.25, 0.3) is 11.3 Å². The Morgan fingerprint density at radius 1 is 1.28 bits per heavy atom. The molecule has 2 bridgehead atoms. The third kappa shape index (κ3) is 2.96. The average molecular weight is 332 g/mol. The predicted octanol–water partition coefficient (Wildman–Crippen LogP) is 3.97. The van der Waals surface area contributed by atoms with Crippen LogP contribution in [0.15, 0.2) is 42.6 Å². The van der Waals surface area contributed by atoms with E-state index in [1.807, 2.05) is 41.3 Å². The molecule has 2 aliphatic heterocycles. The number of carbonyl (C=O) groups excluding carboxylic acids is 1. The molecule has 126 valence electrons. The molecular formula is C20H20N4O. The van der Waals surface area contributed by atoms with Gasteiger partial charge in [-0.25, -0.2) is 4.79 Å². The van der Waals surface area contributed by atoms with Crippen molar-refractivity contribution in [2.45, 2.75) is 44.2 Å². The van der Waals surface area contributed by atoms with E-state index in [-0.39, 0.29) is 6.03 Å². The van der Waals surface area contributed by atoms with Gasteiger partial charge in [-0.3, -0.25) is 4.98 Å². The third-order valence-electron chi connectivity index (χ3n) is 5.21. The number of pyridine rings is 1. The Morgan fingerprint density at radius 3 is 2.80 bits per heavy atom. The van der Waals surface area contributed by atoms with E-state index < -0.39 is 0 Å². The standard InChI is InChI=1S/C20H20N4O/c21-10-9-14-7-8-15(12-18(14)19-6-1-2-11-22-19)23-20(25)24-16-4-3-5-17(24)13-16/h1-2,6-8,11-12,16-17H,3-5,9,13H2,(H,23,25). The monoisotopic (exact) mass is 332 g/mol. The van der Waals surface area contributed by atoms with E-state index in [1.54, 1.807) is 6.20 Å². The van der Waals surface area contributed by atoms with E-state index in [1.165, 1.54) is 6.42 Å². The van der Waals surface area contributed by atoms with Gasteiger partial charge in [-0.1, -0.05) is 12.1 Å². The van der Waals surface area contributed by atoms with Crippen molar-refractivity contribution in [2.75, 3.05) is 5.32 Å². The lowest BCUT2D eigenvalue weighted by molar-refractivity contribution is 0.0173. The first-order chi connectivity index (χ1) is 12.3. The van der Waals surface area contributed by atoms with Gasteiger partial charge >= 0.3 is 6.03 Å². The molecule has 2 aliphatic rings. The number of nitriles is 1. The minimum Gasteiger partial charge on any atom is -0.318 e. The minimum atomic E-state index is -0.0130. The highest BCUT2D eigenvalue weighted by atomic mass is 16.2. The van der Waals surface area contributed by atoms with Crippen LogP contribution in [0.5, 0.6) is 0 Å². The van der Waals surface area contributed by atoms with Crippen LogP contribution < -0.4 is 5.32 Å². The van der Waals surface area contributed by atoms with Gasteiger partial charge in [0.05, 0.1) is 18.2 Å². The summed E-state index contributed by atoms with van der Waals surface area (Å²) in [7, 11) is 0. The first-order valence-corrected chi connectivity index (χ1v) is 8.77. The third-order valence-corrected chi connectivity index (χ3v) is 5.21. The Kier molecular flexibility index (Phi) is 4.10. The summed E-state index contributed by atoms with van der Waals surface area (Å²) in [5, 5.41) is 12.1. The predicted molar refractivity (Wildman–Crippen MR) is 95.9 cm³/mol. The van der Waals surface area contributed by atoms with Gasteiger partial charge in [0.1, 0.15) is 0 Å². The maximum atomic E-state index is 12.6. The molecule has 0 radical (unpaired) electrons. The van der Waals surface area contributed by atoms with Gasteiger partial charge in [-0.05, 0) is 55.5 Å². The second-order valence-corrected chi connectivity index (χ2v) is 6.73. The summed E-state index contributed by atoms with van der Waals surface area (Å²) in [5.74, 6) is 0. The van der Waals surface area contributed by atoms with Gasteiger partial charge in [0, 0.05) is 29.5 Å². The van der Waals surface area contributed by atoms with Gasteiger partial charge in [0.2, 0.25) is 0 Å². The molecule has 2 atom stereocenters. The molecule has 0 saturated carbocycles. The lowest BCUT2D eigenvalue weighted by atomic mass is 9.80. The molecule has 0 aliphatic carbocycles. The first-order valence-electron chi connectivity index (χ1n) is 8.77. The molecule has 1 aromatic carbocycles. The molecule has 2 saturated heterocycles. The Bertz CT molecular complexity index is 813. The van der Waals surface area contributed by atoms with Crippen molar-refractivity contribution < 1.29 is 4.79 Å². The number of aromatic nitrogens is 1. The summed E-state index contributed by atoms with van der Waals surface area (Å²) in [4.78, 5) is 19.0. The van der Waals surface area contributed by atoms with E-state index in [2.05, 4.69) is 16.4 Å². The van der Waals surface area contributed by atoms with Gasteiger partial charge in [0.15, 0.2) is 0 Å². The zero-order chi connectivity index (χ0) is 17.2. The normalized spacial score (nSPS) is 21.2. The molecular weight excluding hydrogens is 312 g/mol. The summed E-state index contributed by atoms with van der Waals surface area (Å²) < 4.78 is 0. The second-order valence-electron chi connectivity index (χ2n) is 6.73. The number of hydrogen-bond acceptors (Lipinski definition) is 3. The fourth-order valence-corrected chi connectivity index (χ4v) is 3.98. The Balaban J connectivity index is 1.58. The van der Waals surface area contributed by atoms with Crippen LogP contribution >= 0.6 is 0 Å². The van der Waals surface area contributed by atoms with Gasteiger partial charge in [-0.15, -0.1) is 0 Å². The van der Waals surface area contributed by atoms with E-state index in [0.717, 1.165) is 41.8 Å². The van der Waals surface area contributed by atoms with Crippen molar-refractivity contribution in [3.63, 3.8) is 0 Å². The minimum absolute atomic E-state index is 0.0130. The fourth-order valence-electron chi connectivity index (χ4n) is 3.98. The van der Waals surface area contributed by atoms with Crippen molar-refractivity contribution in [3.05, 3.63) is 48.2 Å². The quantitative estimate of drug-likeness (QED) is 0.924. The number of amides is 2. The molecule has 1 aromatic heterocycles. The molecule has 2 amide bonds. The topological polar surface area (TPSA) is 69.0 Å². The molecule has 25 heavy (non-hydrogen) atoms. The molecule has 1 N–H and O–H groups in total. The van der Waals surface area contributed by atoms with Crippen LogP contribution in [0.1, 0.15) is 31.2 Å². The number of urea groups is 1. The summed E-state index contributed by atoms with van der Waals surface area (Å²) in [6.07, 6.45) is 6.66. The van der Waals surface area contributed by atoms with E-state index in [0.29, 0.717) is 18.5 Å². The van der Waals surface area contributed by atoms with E-state index in [4.69, 9.17) is 5.26 Å². The van der Waals surface area contributed by atoms with Crippen LogP contribution in [0.3, 0.4) is 0 Å². The number of hydrogen-bond donors (Lipinski definition) is 1. The van der Waals surface area contributed by atoms with Gasteiger partial charge < -0.3 is 10.2 Å². The van der Waals surface area contributed by atoms with Crippen LogP contribution in [-0.2, 0) is 6.42 Å². The SMILES string of the molecule is N#CCc1ccc(NC(=O)N2C3CCCC2C3)cc1-c1ccccn1. The molecule has 2 fully saturated rings. The first kappa shape index (κ1) is 15.6. The number of rotatable bonds is 3. The molecule has 4 rings (SSSR count). The van der Waals surface area contributed by atoms with Crippen molar-refractivity contribution in [1.82, 2.24) is 9.88 Å². The fraction of sp³-hybridized carbons (Fsp3) is 0.350. The van der Waals surface area contributed by atoms with Crippen LogP contribution in [-0.4, -0.2) is 28.0 Å². The lowest BCUT2D eigenvalue weighted by Gasteiger charge is -2.52. The van der Waals surface area contributed by atoms with Crippen molar-refractivity contribution in [3.8, 4) is 17.3 Å². The van der Waals surface area contributed by atoms with Crippen molar-refractivity contribution >= 4 is 11.7 Å². The number of nitrogens with one attached hydrogen (secondary N) is 1. The molecule has 2 aromatic rings. The number of benzene rings is 1. The Labute approximate surface area is 147 Å². The molecule has 5 heteroatoms. The van der Waals surface area contributed by atoms with Crippen molar-refractivity contribution in [2.24, 2.45) is 0 Å². The maximum absolute atomic E-state index is 12.6. The van der Waals surface area contributed by atoms with Crippen molar-refractivity contribution in [1.29, 1.82) is 5.26 Å². The highest BCUT2D eigenvalue weighted by Crippen LogP contribution is 2.38. The molecule has 0 spiro atoms. The highest BCUT2D eigenvalue weighted by molar-refractivity contribution is 5.91. The number of anilines is 1. The number of nitrogens with zero attached hydrogens (tertiary/aromatic N) is 3. The zero-order valence-electron chi connectivity index (χ0n) is 14.0. The zero-order valence-corrected chi connectivity index (χ0v) is 14.0. The van der Waals surface area contributed by atoms with Crippen LogP contribution in [0.2, 0.25) is 0 Å². The lowest BCUT2D eigenvalue weighted by Crippen LogP contribution is -2.62. The van der Waals surface area contributed by atoms with E-state index in [9.17, 15) is 4.79 Å². The summed E-state index contributed by atoms with van der Waals surface area (Å²) >= 11 is 0. The molecule has 2 unspecified atom stereocenters. The smallest absolute Gasteiger partial charge is 0.318 e. The summed E-state index contributed by atoms with van der Waals surface area (Å²) in [6, 6.07) is 14.4. The van der Waals surface area contributed by atoms with Gasteiger partial charge in [-0.2, -0.15) is 5.26 Å². The number of carbonyl (C=O) groups is 1. The maximum Gasteiger partial charge on any atom is 0.322 e. The molecule has 5 nitrogen and oxygen atoms in total. The van der Waals surface area contributed by atoms with Gasteiger partial charge in [0.25, 0.3) is 0 Å². The summed E-state index contributed by atoms with van der Waals surface area (Å²) in [5.41, 5.74) is 3.37. The second kappa shape index (κ2) is 6.56. The largest absolute Gasteiger partial charge is 0.322 e. The highest BCUT2D eigenvalue weighted by Gasteiger charge is 2.44. The average Bonchev–Trinajstić information content (AvgIpc) is 2.64. The van der Waals surface area contributed by atoms with Crippen LogP contribution in [0, 0.1) is 11.3 Å². The number of fused-ring (bicyclic) bond motifs is 2.